The molecule has 2 aliphatic rings. The van der Waals surface area contributed by atoms with Gasteiger partial charge in [-0.2, -0.15) is 4.98 Å². The molecule has 2 N–H and O–H groups in total. The lowest BCUT2D eigenvalue weighted by molar-refractivity contribution is -0.117. The topological polar surface area (TPSA) is 96.7 Å². The molecule has 0 radical (unpaired) electrons. The Morgan fingerprint density at radius 1 is 1.08 bits per heavy atom. The highest BCUT2D eigenvalue weighted by Crippen LogP contribution is 2.30. The number of benzene rings is 1. The second-order valence-electron chi connectivity index (χ2n) is 6.40. The molecule has 136 valence electrons. The van der Waals surface area contributed by atoms with E-state index in [9.17, 15) is 9.59 Å². The Hall–Kier alpha value is -2.87. The number of carbonyl (C=O) groups is 2. The molecule has 1 aliphatic carbocycles. The fourth-order valence-electron chi connectivity index (χ4n) is 2.76. The van der Waals surface area contributed by atoms with Gasteiger partial charge in [-0.3, -0.25) is 14.9 Å². The highest BCUT2D eigenvalue weighted by atomic mass is 16.5. The molecule has 0 bridgehead atoms. The number of amides is 2. The van der Waals surface area contributed by atoms with Crippen LogP contribution in [0.2, 0.25) is 0 Å². The summed E-state index contributed by atoms with van der Waals surface area (Å²) < 4.78 is 10.5. The van der Waals surface area contributed by atoms with Gasteiger partial charge in [-0.15, -0.1) is 0 Å². The molecule has 1 aromatic heterocycles. The number of anilines is 3. The van der Waals surface area contributed by atoms with E-state index in [2.05, 4.69) is 20.5 Å². The summed E-state index contributed by atoms with van der Waals surface area (Å²) in [5, 5.41) is 5.35. The van der Waals surface area contributed by atoms with Crippen LogP contribution in [-0.4, -0.2) is 43.1 Å². The predicted octanol–water partition coefficient (Wildman–Crippen LogP) is 2.11. The molecule has 8 heteroatoms. The first kappa shape index (κ1) is 16.6. The van der Waals surface area contributed by atoms with Crippen molar-refractivity contribution >= 4 is 29.2 Å². The lowest BCUT2D eigenvalue weighted by Crippen LogP contribution is -2.36. The molecule has 1 saturated heterocycles. The molecule has 2 fully saturated rings. The van der Waals surface area contributed by atoms with E-state index in [1.54, 1.807) is 0 Å². The van der Waals surface area contributed by atoms with Crippen LogP contribution in [0.4, 0.5) is 17.4 Å². The minimum absolute atomic E-state index is 0.0455. The predicted molar refractivity (Wildman–Crippen MR) is 95.3 cm³/mol. The fourth-order valence-corrected chi connectivity index (χ4v) is 2.76. The van der Waals surface area contributed by atoms with Gasteiger partial charge in [0.05, 0.1) is 13.2 Å². The Balaban J connectivity index is 1.35. The van der Waals surface area contributed by atoms with Gasteiger partial charge in [0.1, 0.15) is 6.26 Å². The fraction of sp³-hybridized carbons (Fsp3) is 0.389. The van der Waals surface area contributed by atoms with Crippen LogP contribution < -0.4 is 15.5 Å². The average molecular weight is 356 g/mol. The highest BCUT2D eigenvalue weighted by Gasteiger charge is 2.30. The summed E-state index contributed by atoms with van der Waals surface area (Å²) in [4.78, 5) is 30.2. The second kappa shape index (κ2) is 7.17. The third kappa shape index (κ3) is 3.85. The molecule has 2 amide bonds. The summed E-state index contributed by atoms with van der Waals surface area (Å²) in [6.07, 6.45) is 3.01. The van der Waals surface area contributed by atoms with E-state index in [0.29, 0.717) is 5.69 Å². The molecule has 1 saturated carbocycles. The number of hydrogen-bond acceptors (Lipinski definition) is 6. The van der Waals surface area contributed by atoms with Crippen molar-refractivity contribution in [1.29, 1.82) is 0 Å². The second-order valence-corrected chi connectivity index (χ2v) is 6.40. The maximum atomic E-state index is 12.3. The number of oxazole rings is 1. The van der Waals surface area contributed by atoms with Crippen LogP contribution in [-0.2, 0) is 9.53 Å². The van der Waals surface area contributed by atoms with Crippen LogP contribution >= 0.6 is 0 Å². The zero-order chi connectivity index (χ0) is 17.9. The molecule has 0 spiro atoms. The number of ether oxygens (including phenoxy) is 1. The van der Waals surface area contributed by atoms with Gasteiger partial charge in [0.15, 0.2) is 5.69 Å². The summed E-state index contributed by atoms with van der Waals surface area (Å²) >= 11 is 0. The van der Waals surface area contributed by atoms with E-state index in [0.717, 1.165) is 44.8 Å². The van der Waals surface area contributed by atoms with Crippen LogP contribution in [0, 0.1) is 5.92 Å². The molecule has 1 aromatic carbocycles. The highest BCUT2D eigenvalue weighted by molar-refractivity contribution is 6.03. The molecular formula is C18H20N4O4. The summed E-state index contributed by atoms with van der Waals surface area (Å²) in [5.74, 6) is -0.457. The number of hydrogen-bond donors (Lipinski definition) is 2. The normalized spacial score (nSPS) is 17.0. The number of carbonyl (C=O) groups excluding carboxylic acids is 2. The molecular weight excluding hydrogens is 336 g/mol. The van der Waals surface area contributed by atoms with E-state index in [1.807, 2.05) is 24.3 Å². The van der Waals surface area contributed by atoms with E-state index in [4.69, 9.17) is 9.15 Å². The van der Waals surface area contributed by atoms with Gasteiger partial charge < -0.3 is 19.4 Å². The van der Waals surface area contributed by atoms with Gasteiger partial charge in [-0.1, -0.05) is 0 Å². The average Bonchev–Trinajstić information content (AvgIpc) is 3.43. The Morgan fingerprint density at radius 2 is 1.81 bits per heavy atom. The third-order valence-corrected chi connectivity index (χ3v) is 4.42. The standard InChI is InChI=1S/C18H20N4O4/c23-16(12-1-2-12)21-18-20-15(11-26-18)17(24)19-13-3-5-14(6-4-13)22-7-9-25-10-8-22/h3-6,11-12H,1-2,7-10H2,(H,19,24)(H,20,21,23). The molecule has 8 nitrogen and oxygen atoms in total. The first-order valence-corrected chi connectivity index (χ1v) is 8.69. The Morgan fingerprint density at radius 3 is 2.50 bits per heavy atom. The van der Waals surface area contributed by atoms with Crippen LogP contribution in [0.15, 0.2) is 34.9 Å². The Kier molecular flexibility index (Phi) is 4.57. The summed E-state index contributed by atoms with van der Waals surface area (Å²) in [6, 6.07) is 7.67. The van der Waals surface area contributed by atoms with Crippen LogP contribution in [0.25, 0.3) is 0 Å². The van der Waals surface area contributed by atoms with Crippen molar-refractivity contribution in [2.24, 2.45) is 5.92 Å². The largest absolute Gasteiger partial charge is 0.431 e. The molecule has 26 heavy (non-hydrogen) atoms. The van der Waals surface area contributed by atoms with Crippen molar-refractivity contribution < 1.29 is 18.7 Å². The van der Waals surface area contributed by atoms with Gasteiger partial charge in [-0.05, 0) is 37.1 Å². The Bertz CT molecular complexity index is 792. The van der Waals surface area contributed by atoms with E-state index in [-0.39, 0.29) is 29.4 Å². The number of nitrogens with one attached hydrogen (secondary N) is 2. The Labute approximate surface area is 150 Å². The lowest BCUT2D eigenvalue weighted by Gasteiger charge is -2.28. The zero-order valence-electron chi connectivity index (χ0n) is 14.2. The third-order valence-electron chi connectivity index (χ3n) is 4.42. The van der Waals surface area contributed by atoms with Gasteiger partial charge in [0, 0.05) is 30.4 Å². The minimum atomic E-state index is -0.389. The SMILES string of the molecule is O=C(Nc1ccc(N2CCOCC2)cc1)c1coc(NC(=O)C2CC2)n1. The molecule has 2 aromatic rings. The molecule has 1 aliphatic heterocycles. The van der Waals surface area contributed by atoms with E-state index in [1.165, 1.54) is 6.26 Å². The molecule has 0 unspecified atom stereocenters. The van der Waals surface area contributed by atoms with Crippen molar-refractivity contribution in [3.05, 3.63) is 36.2 Å². The van der Waals surface area contributed by atoms with Gasteiger partial charge in [0.25, 0.3) is 5.91 Å². The van der Waals surface area contributed by atoms with Crippen LogP contribution in [0.3, 0.4) is 0 Å². The molecule has 0 atom stereocenters. The first-order valence-electron chi connectivity index (χ1n) is 8.69. The monoisotopic (exact) mass is 356 g/mol. The van der Waals surface area contributed by atoms with Crippen molar-refractivity contribution in [2.45, 2.75) is 12.8 Å². The number of nitrogens with zero attached hydrogens (tertiary/aromatic N) is 2. The van der Waals surface area contributed by atoms with Gasteiger partial charge in [0.2, 0.25) is 5.91 Å². The summed E-state index contributed by atoms with van der Waals surface area (Å²) in [5.41, 5.74) is 1.88. The summed E-state index contributed by atoms with van der Waals surface area (Å²) in [6.45, 7) is 3.18. The van der Waals surface area contributed by atoms with E-state index >= 15 is 0 Å². The summed E-state index contributed by atoms with van der Waals surface area (Å²) in [7, 11) is 0. The number of rotatable bonds is 5. The van der Waals surface area contributed by atoms with Gasteiger partial charge in [-0.25, -0.2) is 0 Å². The maximum absolute atomic E-state index is 12.3. The molecule has 2 heterocycles. The smallest absolute Gasteiger partial charge is 0.302 e. The van der Waals surface area contributed by atoms with E-state index < -0.39 is 0 Å². The maximum Gasteiger partial charge on any atom is 0.302 e. The van der Waals surface area contributed by atoms with Crippen molar-refractivity contribution in [3.8, 4) is 0 Å². The first-order chi connectivity index (χ1) is 12.7. The minimum Gasteiger partial charge on any atom is -0.431 e. The number of morpholine rings is 1. The van der Waals surface area contributed by atoms with Crippen molar-refractivity contribution in [3.63, 3.8) is 0 Å². The zero-order valence-corrected chi connectivity index (χ0v) is 14.2. The lowest BCUT2D eigenvalue weighted by atomic mass is 10.2. The quantitative estimate of drug-likeness (QED) is 0.852. The van der Waals surface area contributed by atoms with Gasteiger partial charge >= 0.3 is 6.01 Å². The van der Waals surface area contributed by atoms with Crippen LogP contribution in [0.1, 0.15) is 23.3 Å². The van der Waals surface area contributed by atoms with Crippen LogP contribution in [0.5, 0.6) is 0 Å². The van der Waals surface area contributed by atoms with Crippen molar-refractivity contribution in [2.75, 3.05) is 41.8 Å². The molecule has 4 rings (SSSR count). The van der Waals surface area contributed by atoms with Crippen molar-refractivity contribution in [1.82, 2.24) is 4.98 Å². The number of aromatic nitrogens is 1.